The van der Waals surface area contributed by atoms with Crippen molar-refractivity contribution in [3.8, 4) is 0 Å². The summed E-state index contributed by atoms with van der Waals surface area (Å²) in [6.45, 7) is 5.68. The number of nitrogens with one attached hydrogen (secondary N) is 2. The van der Waals surface area contributed by atoms with Crippen LogP contribution in [0, 0.1) is 5.82 Å². The van der Waals surface area contributed by atoms with Gasteiger partial charge in [0, 0.05) is 11.2 Å². The number of rotatable bonds is 3. The molecule has 0 heterocycles. The molecule has 17 heavy (non-hydrogen) atoms. The summed E-state index contributed by atoms with van der Waals surface area (Å²) in [5.41, 5.74) is 5.75. The summed E-state index contributed by atoms with van der Waals surface area (Å²) in [4.78, 5) is 11.5. The number of hydrogen-bond donors (Lipinski definition) is 3. The van der Waals surface area contributed by atoms with Gasteiger partial charge in [-0.25, -0.2) is 4.39 Å². The lowest BCUT2D eigenvalue weighted by molar-refractivity contribution is -0.120. The topological polar surface area (TPSA) is 67.2 Å². The highest BCUT2D eigenvalue weighted by Crippen LogP contribution is 2.16. The summed E-state index contributed by atoms with van der Waals surface area (Å²) in [5, 5.41) is 5.49. The van der Waals surface area contributed by atoms with Crippen LogP contribution in [0.1, 0.15) is 20.8 Å². The second-order valence-corrected chi connectivity index (χ2v) is 4.89. The Morgan fingerprint density at radius 2 is 2.06 bits per heavy atom. The maximum absolute atomic E-state index is 13.4. The summed E-state index contributed by atoms with van der Waals surface area (Å²) in [6, 6.07) is 4.30. The molecule has 0 aliphatic heterocycles. The van der Waals surface area contributed by atoms with Crippen LogP contribution in [0.2, 0.25) is 0 Å². The third-order valence-corrected chi connectivity index (χ3v) is 1.95. The van der Waals surface area contributed by atoms with Gasteiger partial charge in [0.2, 0.25) is 5.91 Å². The van der Waals surface area contributed by atoms with Gasteiger partial charge in [0.05, 0.1) is 12.2 Å². The molecule has 1 rings (SSSR count). The fourth-order valence-corrected chi connectivity index (χ4v) is 1.31. The minimum absolute atomic E-state index is 0.0259. The lowest BCUT2D eigenvalue weighted by Crippen LogP contribution is -2.43. The highest BCUT2D eigenvalue weighted by Gasteiger charge is 2.13. The van der Waals surface area contributed by atoms with E-state index in [2.05, 4.69) is 10.6 Å². The molecule has 0 aromatic heterocycles. The van der Waals surface area contributed by atoms with Crippen LogP contribution in [0.25, 0.3) is 0 Å². The zero-order valence-corrected chi connectivity index (χ0v) is 10.3. The molecule has 0 saturated carbocycles. The number of carbonyl (C=O) groups excluding carboxylic acids is 1. The molecule has 5 heteroatoms. The smallest absolute Gasteiger partial charge is 0.239 e. The number of carbonyl (C=O) groups is 1. The van der Waals surface area contributed by atoms with Gasteiger partial charge >= 0.3 is 0 Å². The maximum Gasteiger partial charge on any atom is 0.239 e. The average Bonchev–Trinajstić information content (AvgIpc) is 2.13. The number of nitrogens with two attached hydrogens (primary N) is 1. The number of benzene rings is 1. The molecule has 0 aliphatic rings. The highest BCUT2D eigenvalue weighted by atomic mass is 19.1. The Labute approximate surface area is 100 Å². The van der Waals surface area contributed by atoms with Crippen molar-refractivity contribution in [3.05, 3.63) is 24.0 Å². The second-order valence-electron chi connectivity index (χ2n) is 4.89. The van der Waals surface area contributed by atoms with Crippen molar-refractivity contribution in [3.63, 3.8) is 0 Å². The molecule has 4 N–H and O–H groups in total. The predicted octanol–water partition coefficient (Wildman–Crippen LogP) is 1.73. The highest BCUT2D eigenvalue weighted by molar-refractivity contribution is 5.81. The van der Waals surface area contributed by atoms with E-state index in [-0.39, 0.29) is 23.7 Å². The maximum atomic E-state index is 13.4. The predicted molar refractivity (Wildman–Crippen MR) is 67.2 cm³/mol. The number of amides is 1. The minimum Gasteiger partial charge on any atom is -0.399 e. The van der Waals surface area contributed by atoms with E-state index in [1.165, 1.54) is 12.1 Å². The van der Waals surface area contributed by atoms with Gasteiger partial charge in [0.15, 0.2) is 0 Å². The lowest BCUT2D eigenvalue weighted by Gasteiger charge is -2.20. The van der Waals surface area contributed by atoms with Gasteiger partial charge in [-0.2, -0.15) is 0 Å². The molecule has 1 aromatic carbocycles. The molecule has 0 radical (unpaired) electrons. The van der Waals surface area contributed by atoms with Gasteiger partial charge in [-0.1, -0.05) is 0 Å². The Balaban J connectivity index is 2.53. The molecule has 0 aliphatic carbocycles. The largest absolute Gasteiger partial charge is 0.399 e. The van der Waals surface area contributed by atoms with Crippen molar-refractivity contribution < 1.29 is 9.18 Å². The number of nitrogen functional groups attached to an aromatic ring is 1. The first-order chi connectivity index (χ1) is 7.78. The Morgan fingerprint density at radius 1 is 1.41 bits per heavy atom. The van der Waals surface area contributed by atoms with Crippen LogP contribution in [-0.2, 0) is 4.79 Å². The van der Waals surface area contributed by atoms with Gasteiger partial charge in [0.1, 0.15) is 5.82 Å². The van der Waals surface area contributed by atoms with Crippen molar-refractivity contribution >= 4 is 17.3 Å². The van der Waals surface area contributed by atoms with E-state index >= 15 is 0 Å². The molecular weight excluding hydrogens is 221 g/mol. The van der Waals surface area contributed by atoms with Crippen molar-refractivity contribution in [2.24, 2.45) is 0 Å². The van der Waals surface area contributed by atoms with Gasteiger partial charge in [-0.15, -0.1) is 0 Å². The lowest BCUT2D eigenvalue weighted by atomic mass is 10.1. The normalized spacial score (nSPS) is 11.1. The summed E-state index contributed by atoms with van der Waals surface area (Å²) >= 11 is 0. The van der Waals surface area contributed by atoms with Gasteiger partial charge in [0.25, 0.3) is 0 Å². The average molecular weight is 239 g/mol. The standard InChI is InChI=1S/C12H18FN3O/c1-12(2,3)16-11(17)7-15-10-5-4-8(14)6-9(10)13/h4-6,15H,7,14H2,1-3H3,(H,16,17). The Kier molecular flexibility index (Phi) is 3.93. The fraction of sp³-hybridized carbons (Fsp3) is 0.417. The number of halogens is 1. The first-order valence-electron chi connectivity index (χ1n) is 5.38. The second kappa shape index (κ2) is 5.03. The quantitative estimate of drug-likeness (QED) is 0.704. The molecule has 94 valence electrons. The van der Waals surface area contributed by atoms with Crippen LogP contribution in [0.5, 0.6) is 0 Å². The van der Waals surface area contributed by atoms with Crippen molar-refractivity contribution in [1.82, 2.24) is 5.32 Å². The molecular formula is C12H18FN3O. The van der Waals surface area contributed by atoms with E-state index in [1.807, 2.05) is 20.8 Å². The van der Waals surface area contributed by atoms with E-state index in [4.69, 9.17) is 5.73 Å². The van der Waals surface area contributed by atoms with E-state index in [1.54, 1.807) is 6.07 Å². The summed E-state index contributed by atoms with van der Waals surface area (Å²) < 4.78 is 13.4. The monoisotopic (exact) mass is 239 g/mol. The van der Waals surface area contributed by atoms with E-state index in [0.29, 0.717) is 5.69 Å². The van der Waals surface area contributed by atoms with Gasteiger partial charge < -0.3 is 16.4 Å². The van der Waals surface area contributed by atoms with Crippen LogP contribution >= 0.6 is 0 Å². The summed E-state index contributed by atoms with van der Waals surface area (Å²) in [6.07, 6.45) is 0. The number of anilines is 2. The van der Waals surface area contributed by atoms with Gasteiger partial charge in [-0.3, -0.25) is 4.79 Å². The molecule has 0 fully saturated rings. The van der Waals surface area contributed by atoms with Crippen LogP contribution in [0.4, 0.5) is 15.8 Å². The van der Waals surface area contributed by atoms with Crippen molar-refractivity contribution in [2.75, 3.05) is 17.6 Å². The van der Waals surface area contributed by atoms with Crippen LogP contribution in [0.15, 0.2) is 18.2 Å². The molecule has 1 amide bonds. The Morgan fingerprint density at radius 3 is 2.59 bits per heavy atom. The summed E-state index contributed by atoms with van der Waals surface area (Å²) in [7, 11) is 0. The van der Waals surface area contributed by atoms with Crippen LogP contribution in [0.3, 0.4) is 0 Å². The first-order valence-corrected chi connectivity index (χ1v) is 5.38. The van der Waals surface area contributed by atoms with E-state index in [9.17, 15) is 9.18 Å². The van der Waals surface area contributed by atoms with E-state index < -0.39 is 5.82 Å². The zero-order valence-electron chi connectivity index (χ0n) is 10.3. The molecule has 0 saturated heterocycles. The van der Waals surface area contributed by atoms with Gasteiger partial charge in [-0.05, 0) is 39.0 Å². The molecule has 4 nitrogen and oxygen atoms in total. The summed E-state index contributed by atoms with van der Waals surface area (Å²) in [5.74, 6) is -0.651. The number of hydrogen-bond acceptors (Lipinski definition) is 3. The Hall–Kier alpha value is -1.78. The van der Waals surface area contributed by atoms with Crippen molar-refractivity contribution in [2.45, 2.75) is 26.3 Å². The molecule has 0 spiro atoms. The van der Waals surface area contributed by atoms with Crippen LogP contribution < -0.4 is 16.4 Å². The third-order valence-electron chi connectivity index (χ3n) is 1.95. The van der Waals surface area contributed by atoms with E-state index in [0.717, 1.165) is 0 Å². The third kappa shape index (κ3) is 4.72. The molecule has 0 bridgehead atoms. The Bertz CT molecular complexity index is 413. The molecule has 0 unspecified atom stereocenters. The fourth-order valence-electron chi connectivity index (χ4n) is 1.31. The van der Waals surface area contributed by atoms with Crippen LogP contribution in [-0.4, -0.2) is 18.0 Å². The minimum atomic E-state index is -0.464. The molecule has 0 atom stereocenters. The zero-order chi connectivity index (χ0) is 13.1. The first kappa shape index (κ1) is 13.3. The van der Waals surface area contributed by atoms with Crippen molar-refractivity contribution in [1.29, 1.82) is 0 Å². The SMILES string of the molecule is CC(C)(C)NC(=O)CNc1ccc(N)cc1F. The molecule has 1 aromatic rings.